The molecule has 0 saturated carbocycles. The van der Waals surface area contributed by atoms with Crippen LogP contribution in [0.15, 0.2) is 36.4 Å². The molecule has 2 saturated heterocycles. The van der Waals surface area contributed by atoms with E-state index in [0.29, 0.717) is 29.9 Å². The highest BCUT2D eigenvalue weighted by molar-refractivity contribution is 6.30. The Labute approximate surface area is 182 Å². The first kappa shape index (κ1) is 20.7. The molecule has 7 nitrogen and oxygen atoms in total. The number of halogens is 1. The summed E-state index contributed by atoms with van der Waals surface area (Å²) in [6, 6.07) is 11.7. The van der Waals surface area contributed by atoms with Crippen LogP contribution in [-0.2, 0) is 4.79 Å². The molecule has 0 bridgehead atoms. The SMILES string of the molecule is CC1CCCCN1c1ccc(N2CCN(C(=O)COc3ccc(Cl)cc3)CC2)nn1. The molecule has 30 heavy (non-hydrogen) atoms. The van der Waals surface area contributed by atoms with Gasteiger partial charge in [0.1, 0.15) is 5.75 Å². The van der Waals surface area contributed by atoms with Crippen LogP contribution in [-0.4, -0.2) is 66.4 Å². The first-order chi connectivity index (χ1) is 14.6. The molecule has 3 heterocycles. The van der Waals surface area contributed by atoms with Crippen molar-refractivity contribution in [3.8, 4) is 5.75 Å². The number of benzene rings is 1. The number of ether oxygens (including phenoxy) is 1. The zero-order chi connectivity index (χ0) is 20.9. The lowest BCUT2D eigenvalue weighted by atomic mass is 10.0. The number of carbonyl (C=O) groups excluding carboxylic acids is 1. The number of nitrogens with zero attached hydrogens (tertiary/aromatic N) is 5. The van der Waals surface area contributed by atoms with Gasteiger partial charge in [0.05, 0.1) is 0 Å². The summed E-state index contributed by atoms with van der Waals surface area (Å²) < 4.78 is 5.58. The van der Waals surface area contributed by atoms with Gasteiger partial charge in [0, 0.05) is 43.8 Å². The number of hydrogen-bond acceptors (Lipinski definition) is 6. The van der Waals surface area contributed by atoms with E-state index in [1.807, 2.05) is 11.0 Å². The van der Waals surface area contributed by atoms with Crippen LogP contribution in [0.1, 0.15) is 26.2 Å². The number of hydrogen-bond donors (Lipinski definition) is 0. The normalized spacial score (nSPS) is 19.7. The molecule has 0 aliphatic carbocycles. The second-order valence-electron chi connectivity index (χ2n) is 7.90. The van der Waals surface area contributed by atoms with Crippen molar-refractivity contribution in [3.63, 3.8) is 0 Å². The monoisotopic (exact) mass is 429 g/mol. The second-order valence-corrected chi connectivity index (χ2v) is 8.33. The predicted molar refractivity (Wildman–Crippen MR) is 118 cm³/mol. The summed E-state index contributed by atoms with van der Waals surface area (Å²) >= 11 is 5.87. The first-order valence-electron chi connectivity index (χ1n) is 10.6. The molecule has 2 fully saturated rings. The third-order valence-corrected chi connectivity index (χ3v) is 6.12. The molecular formula is C22H28ClN5O2. The fourth-order valence-corrected chi connectivity index (χ4v) is 4.16. The van der Waals surface area contributed by atoms with E-state index < -0.39 is 0 Å². The number of piperazine rings is 1. The molecule has 0 N–H and O–H groups in total. The van der Waals surface area contributed by atoms with Gasteiger partial charge in [-0.1, -0.05) is 11.6 Å². The fraction of sp³-hybridized carbons (Fsp3) is 0.500. The summed E-state index contributed by atoms with van der Waals surface area (Å²) in [4.78, 5) is 18.8. The van der Waals surface area contributed by atoms with Gasteiger partial charge >= 0.3 is 0 Å². The molecule has 1 unspecified atom stereocenters. The van der Waals surface area contributed by atoms with Crippen LogP contribution >= 0.6 is 11.6 Å². The number of rotatable bonds is 5. The van der Waals surface area contributed by atoms with Crippen molar-refractivity contribution in [2.24, 2.45) is 0 Å². The van der Waals surface area contributed by atoms with Crippen LogP contribution < -0.4 is 14.5 Å². The van der Waals surface area contributed by atoms with Gasteiger partial charge in [-0.2, -0.15) is 0 Å². The van der Waals surface area contributed by atoms with Gasteiger partial charge in [0.15, 0.2) is 18.2 Å². The maximum Gasteiger partial charge on any atom is 0.260 e. The predicted octanol–water partition coefficient (Wildman–Crippen LogP) is 3.24. The molecule has 1 amide bonds. The molecule has 2 aliphatic heterocycles. The smallest absolute Gasteiger partial charge is 0.260 e. The average Bonchev–Trinajstić information content (AvgIpc) is 2.79. The van der Waals surface area contributed by atoms with Crippen molar-refractivity contribution in [2.75, 3.05) is 49.1 Å². The van der Waals surface area contributed by atoms with Crippen LogP contribution in [0, 0.1) is 0 Å². The Morgan fingerprint density at radius 2 is 1.70 bits per heavy atom. The van der Waals surface area contributed by atoms with Gasteiger partial charge < -0.3 is 19.4 Å². The van der Waals surface area contributed by atoms with E-state index in [1.165, 1.54) is 19.3 Å². The zero-order valence-corrected chi connectivity index (χ0v) is 18.1. The Morgan fingerprint density at radius 1 is 1.00 bits per heavy atom. The van der Waals surface area contributed by atoms with Crippen LogP contribution in [0.25, 0.3) is 0 Å². The first-order valence-corrected chi connectivity index (χ1v) is 11.0. The van der Waals surface area contributed by atoms with Crippen molar-refractivity contribution in [1.29, 1.82) is 0 Å². The highest BCUT2D eigenvalue weighted by Gasteiger charge is 2.24. The number of anilines is 2. The highest BCUT2D eigenvalue weighted by atomic mass is 35.5. The number of carbonyl (C=O) groups is 1. The molecule has 1 atom stereocenters. The van der Waals surface area contributed by atoms with Crippen molar-refractivity contribution in [2.45, 2.75) is 32.2 Å². The molecule has 2 aromatic rings. The minimum Gasteiger partial charge on any atom is -0.484 e. The van der Waals surface area contributed by atoms with Gasteiger partial charge in [-0.25, -0.2) is 0 Å². The van der Waals surface area contributed by atoms with Crippen molar-refractivity contribution >= 4 is 29.1 Å². The number of aromatic nitrogens is 2. The van der Waals surface area contributed by atoms with Crippen molar-refractivity contribution in [3.05, 3.63) is 41.4 Å². The highest BCUT2D eigenvalue weighted by Crippen LogP contribution is 2.24. The van der Waals surface area contributed by atoms with Crippen molar-refractivity contribution in [1.82, 2.24) is 15.1 Å². The van der Waals surface area contributed by atoms with E-state index >= 15 is 0 Å². The average molecular weight is 430 g/mol. The Morgan fingerprint density at radius 3 is 2.37 bits per heavy atom. The van der Waals surface area contributed by atoms with Gasteiger partial charge in [-0.05, 0) is 62.6 Å². The summed E-state index contributed by atoms with van der Waals surface area (Å²) in [6.07, 6.45) is 3.71. The van der Waals surface area contributed by atoms with Crippen molar-refractivity contribution < 1.29 is 9.53 Å². The number of amides is 1. The summed E-state index contributed by atoms with van der Waals surface area (Å²) in [5.74, 6) is 2.46. The standard InChI is InChI=1S/C22H28ClN5O2/c1-17-4-2-3-11-28(17)21-10-9-20(24-25-21)26-12-14-27(15-13-26)22(29)16-30-19-7-5-18(23)6-8-19/h5-10,17H,2-4,11-16H2,1H3. The van der Waals surface area contributed by atoms with E-state index in [1.54, 1.807) is 24.3 Å². The molecule has 1 aromatic heterocycles. The maximum absolute atomic E-state index is 12.5. The summed E-state index contributed by atoms with van der Waals surface area (Å²) in [7, 11) is 0. The Kier molecular flexibility index (Phi) is 6.57. The van der Waals surface area contributed by atoms with Crippen LogP contribution in [0.4, 0.5) is 11.6 Å². The largest absolute Gasteiger partial charge is 0.484 e. The van der Waals surface area contributed by atoms with Gasteiger partial charge in [-0.15, -0.1) is 10.2 Å². The van der Waals surface area contributed by atoms with E-state index in [0.717, 1.165) is 31.3 Å². The third kappa shape index (κ3) is 4.95. The molecule has 0 radical (unpaired) electrons. The van der Waals surface area contributed by atoms with Gasteiger partial charge in [0.25, 0.3) is 5.91 Å². The maximum atomic E-state index is 12.5. The summed E-state index contributed by atoms with van der Waals surface area (Å²) in [5.41, 5.74) is 0. The lowest BCUT2D eigenvalue weighted by Crippen LogP contribution is -2.50. The van der Waals surface area contributed by atoms with Gasteiger partial charge in [-0.3, -0.25) is 4.79 Å². The topological polar surface area (TPSA) is 61.8 Å². The molecule has 8 heteroatoms. The molecule has 0 spiro atoms. The summed E-state index contributed by atoms with van der Waals surface area (Å²) in [5, 5.41) is 9.58. The molecule has 1 aromatic carbocycles. The number of piperidine rings is 1. The lowest BCUT2D eigenvalue weighted by molar-refractivity contribution is -0.133. The van der Waals surface area contributed by atoms with Crippen LogP contribution in [0.3, 0.4) is 0 Å². The van der Waals surface area contributed by atoms with E-state index in [-0.39, 0.29) is 12.5 Å². The van der Waals surface area contributed by atoms with Crippen LogP contribution in [0.2, 0.25) is 5.02 Å². The molecule has 160 valence electrons. The van der Waals surface area contributed by atoms with E-state index in [2.05, 4.69) is 33.0 Å². The molecule has 4 rings (SSSR count). The Hall–Kier alpha value is -2.54. The fourth-order valence-electron chi connectivity index (χ4n) is 4.03. The minimum absolute atomic E-state index is 0.00915. The third-order valence-electron chi connectivity index (χ3n) is 5.87. The minimum atomic E-state index is -0.00915. The Bertz CT molecular complexity index is 838. The Balaban J connectivity index is 1.26. The lowest BCUT2D eigenvalue weighted by Gasteiger charge is -2.36. The molecule has 2 aliphatic rings. The van der Waals surface area contributed by atoms with E-state index in [9.17, 15) is 4.79 Å². The second kappa shape index (κ2) is 9.51. The summed E-state index contributed by atoms with van der Waals surface area (Å²) in [6.45, 7) is 6.10. The van der Waals surface area contributed by atoms with Crippen LogP contribution in [0.5, 0.6) is 5.75 Å². The van der Waals surface area contributed by atoms with E-state index in [4.69, 9.17) is 16.3 Å². The quantitative estimate of drug-likeness (QED) is 0.727. The zero-order valence-electron chi connectivity index (χ0n) is 17.3. The van der Waals surface area contributed by atoms with Gasteiger partial charge in [0.2, 0.25) is 0 Å². The molecular weight excluding hydrogens is 402 g/mol.